The van der Waals surface area contributed by atoms with E-state index in [1.165, 1.54) is 4.90 Å². The Morgan fingerprint density at radius 3 is 2.41 bits per heavy atom. The molecule has 128 valence electrons. The molecule has 2 aliphatic heterocycles. The minimum atomic E-state index is -4.17. The Kier molecular flexibility index (Phi) is 6.05. The molecule has 0 aromatic carbocycles. The van der Waals surface area contributed by atoms with Crippen molar-refractivity contribution >= 4 is 5.91 Å². The first-order valence-corrected chi connectivity index (χ1v) is 7.68. The van der Waals surface area contributed by atoms with E-state index in [4.69, 9.17) is 4.74 Å². The summed E-state index contributed by atoms with van der Waals surface area (Å²) in [5.41, 5.74) is 0. The maximum atomic E-state index is 12.4. The molecular formula is C14H24F3N3O2. The predicted molar refractivity (Wildman–Crippen MR) is 75.5 cm³/mol. The number of nitrogens with zero attached hydrogens (tertiary/aromatic N) is 3. The lowest BCUT2D eigenvalue weighted by Crippen LogP contribution is -2.52. The monoisotopic (exact) mass is 323 g/mol. The molecule has 2 fully saturated rings. The highest BCUT2D eigenvalue weighted by molar-refractivity contribution is 5.79. The largest absolute Gasteiger partial charge is 0.401 e. The quantitative estimate of drug-likeness (QED) is 0.745. The normalized spacial score (nSPS) is 24.9. The molecule has 0 aromatic rings. The molecule has 0 bridgehead atoms. The number of halogens is 3. The van der Waals surface area contributed by atoms with Crippen molar-refractivity contribution in [2.75, 3.05) is 66.1 Å². The number of hydrogen-bond donors (Lipinski definition) is 0. The lowest BCUT2D eigenvalue weighted by Gasteiger charge is -2.36. The number of hydrogen-bond acceptors (Lipinski definition) is 4. The summed E-state index contributed by atoms with van der Waals surface area (Å²) in [4.78, 5) is 17.7. The van der Waals surface area contributed by atoms with Gasteiger partial charge in [-0.25, -0.2) is 0 Å². The summed E-state index contributed by atoms with van der Waals surface area (Å²) in [7, 11) is 1.65. The number of amides is 1. The zero-order valence-corrected chi connectivity index (χ0v) is 12.9. The third-order valence-electron chi connectivity index (χ3n) is 4.32. The smallest absolute Gasteiger partial charge is 0.383 e. The highest BCUT2D eigenvalue weighted by Crippen LogP contribution is 2.21. The molecule has 0 radical (unpaired) electrons. The lowest BCUT2D eigenvalue weighted by atomic mass is 10.1. The number of alkyl halides is 3. The van der Waals surface area contributed by atoms with E-state index in [-0.39, 0.29) is 11.8 Å². The Morgan fingerprint density at radius 1 is 1.14 bits per heavy atom. The van der Waals surface area contributed by atoms with Gasteiger partial charge in [0, 0.05) is 46.4 Å². The SMILES string of the molecule is COCCN1CC[C@@H](C(=O)N2CCN(CC(F)(F)F)CC2)C1. The maximum Gasteiger partial charge on any atom is 0.401 e. The summed E-state index contributed by atoms with van der Waals surface area (Å²) in [6.45, 7) is 3.57. The molecular weight excluding hydrogens is 299 g/mol. The van der Waals surface area contributed by atoms with E-state index in [0.717, 1.165) is 26.1 Å². The highest BCUT2D eigenvalue weighted by Gasteiger charge is 2.35. The molecule has 22 heavy (non-hydrogen) atoms. The molecule has 0 unspecified atom stereocenters. The van der Waals surface area contributed by atoms with E-state index >= 15 is 0 Å². The zero-order valence-electron chi connectivity index (χ0n) is 12.9. The molecule has 8 heteroatoms. The van der Waals surface area contributed by atoms with Gasteiger partial charge in [-0.05, 0) is 13.0 Å². The van der Waals surface area contributed by atoms with Crippen molar-refractivity contribution in [1.29, 1.82) is 0 Å². The Labute approximate surface area is 129 Å². The van der Waals surface area contributed by atoms with Crippen LogP contribution in [0.1, 0.15) is 6.42 Å². The third-order valence-corrected chi connectivity index (χ3v) is 4.32. The van der Waals surface area contributed by atoms with Crippen LogP contribution >= 0.6 is 0 Å². The van der Waals surface area contributed by atoms with Crippen molar-refractivity contribution < 1.29 is 22.7 Å². The van der Waals surface area contributed by atoms with Crippen LogP contribution in [0.25, 0.3) is 0 Å². The van der Waals surface area contributed by atoms with Crippen molar-refractivity contribution in [2.24, 2.45) is 5.92 Å². The van der Waals surface area contributed by atoms with E-state index in [1.54, 1.807) is 12.0 Å². The number of piperazine rings is 1. The van der Waals surface area contributed by atoms with E-state index in [2.05, 4.69) is 4.90 Å². The number of carbonyl (C=O) groups is 1. The molecule has 0 aromatic heterocycles. The molecule has 2 aliphatic rings. The molecule has 0 saturated carbocycles. The Balaban J connectivity index is 1.74. The number of ether oxygens (including phenoxy) is 1. The minimum absolute atomic E-state index is 0.0222. The van der Waals surface area contributed by atoms with Crippen LogP contribution in [-0.2, 0) is 9.53 Å². The van der Waals surface area contributed by atoms with Gasteiger partial charge in [0.1, 0.15) is 0 Å². The summed E-state index contributed by atoms with van der Waals surface area (Å²) >= 11 is 0. The molecule has 2 rings (SSSR count). The van der Waals surface area contributed by atoms with Crippen LogP contribution in [0.2, 0.25) is 0 Å². The van der Waals surface area contributed by atoms with Crippen molar-refractivity contribution in [3.63, 3.8) is 0 Å². The first-order chi connectivity index (χ1) is 10.4. The summed E-state index contributed by atoms with van der Waals surface area (Å²) in [6.07, 6.45) is -3.34. The second-order valence-electron chi connectivity index (χ2n) is 6.00. The second-order valence-corrected chi connectivity index (χ2v) is 6.00. The fourth-order valence-electron chi connectivity index (χ4n) is 3.10. The van der Waals surface area contributed by atoms with Crippen LogP contribution in [0.4, 0.5) is 13.2 Å². The fourth-order valence-corrected chi connectivity index (χ4v) is 3.10. The van der Waals surface area contributed by atoms with Gasteiger partial charge in [0.25, 0.3) is 0 Å². The fraction of sp³-hybridized carbons (Fsp3) is 0.929. The number of carbonyl (C=O) groups excluding carboxylic acids is 1. The van der Waals surface area contributed by atoms with Crippen LogP contribution in [-0.4, -0.2) is 92.9 Å². The van der Waals surface area contributed by atoms with Gasteiger partial charge < -0.3 is 14.5 Å². The maximum absolute atomic E-state index is 12.4. The predicted octanol–water partition coefficient (Wildman–Crippen LogP) is 0.661. The molecule has 2 saturated heterocycles. The first kappa shape index (κ1) is 17.5. The van der Waals surface area contributed by atoms with Gasteiger partial charge in [0.15, 0.2) is 0 Å². The highest BCUT2D eigenvalue weighted by atomic mass is 19.4. The average Bonchev–Trinajstić information content (AvgIpc) is 2.92. The van der Waals surface area contributed by atoms with E-state index in [9.17, 15) is 18.0 Å². The summed E-state index contributed by atoms with van der Waals surface area (Å²) in [6, 6.07) is 0. The van der Waals surface area contributed by atoms with Gasteiger partial charge in [0.05, 0.1) is 19.1 Å². The van der Waals surface area contributed by atoms with Gasteiger partial charge in [-0.15, -0.1) is 0 Å². The molecule has 1 atom stereocenters. The lowest BCUT2D eigenvalue weighted by molar-refractivity contribution is -0.152. The Morgan fingerprint density at radius 2 is 1.82 bits per heavy atom. The molecule has 0 spiro atoms. The summed E-state index contributed by atoms with van der Waals surface area (Å²) < 4.78 is 42.1. The van der Waals surface area contributed by atoms with Crippen LogP contribution in [0.5, 0.6) is 0 Å². The topological polar surface area (TPSA) is 36.0 Å². The summed E-state index contributed by atoms with van der Waals surface area (Å²) in [5, 5.41) is 0. The van der Waals surface area contributed by atoms with Crippen LogP contribution in [0.3, 0.4) is 0 Å². The Hall–Kier alpha value is -0.860. The van der Waals surface area contributed by atoms with Crippen molar-refractivity contribution in [1.82, 2.24) is 14.7 Å². The van der Waals surface area contributed by atoms with Crippen molar-refractivity contribution in [3.05, 3.63) is 0 Å². The first-order valence-electron chi connectivity index (χ1n) is 7.68. The second kappa shape index (κ2) is 7.61. The molecule has 0 aliphatic carbocycles. The molecule has 0 N–H and O–H groups in total. The number of rotatable bonds is 5. The van der Waals surface area contributed by atoms with Gasteiger partial charge >= 0.3 is 6.18 Å². The van der Waals surface area contributed by atoms with Crippen LogP contribution in [0.15, 0.2) is 0 Å². The third kappa shape index (κ3) is 5.10. The standard InChI is InChI=1S/C14H24F3N3O2/c1-22-9-8-18-3-2-12(10-18)13(21)20-6-4-19(5-7-20)11-14(15,16)17/h12H,2-11H2,1H3/t12-/m1/s1. The van der Waals surface area contributed by atoms with Crippen LogP contribution < -0.4 is 0 Å². The van der Waals surface area contributed by atoms with Crippen LogP contribution in [0, 0.1) is 5.92 Å². The molecule has 1 amide bonds. The zero-order chi connectivity index (χ0) is 16.2. The number of methoxy groups -OCH3 is 1. The van der Waals surface area contributed by atoms with E-state index < -0.39 is 12.7 Å². The average molecular weight is 323 g/mol. The van der Waals surface area contributed by atoms with E-state index in [1.807, 2.05) is 0 Å². The van der Waals surface area contributed by atoms with Gasteiger partial charge in [-0.2, -0.15) is 13.2 Å². The van der Waals surface area contributed by atoms with Gasteiger partial charge in [-0.3, -0.25) is 9.69 Å². The van der Waals surface area contributed by atoms with E-state index in [0.29, 0.717) is 32.8 Å². The summed E-state index contributed by atoms with van der Waals surface area (Å²) in [5.74, 6) is 0.0672. The van der Waals surface area contributed by atoms with Crippen molar-refractivity contribution in [2.45, 2.75) is 12.6 Å². The number of likely N-dealkylation sites (tertiary alicyclic amines) is 1. The minimum Gasteiger partial charge on any atom is -0.383 e. The Bertz CT molecular complexity index is 371. The van der Waals surface area contributed by atoms with Crippen molar-refractivity contribution in [3.8, 4) is 0 Å². The van der Waals surface area contributed by atoms with Gasteiger partial charge in [-0.1, -0.05) is 0 Å². The molecule has 2 heterocycles. The molecule has 5 nitrogen and oxygen atoms in total. The van der Waals surface area contributed by atoms with Gasteiger partial charge in [0.2, 0.25) is 5.91 Å².